The molecule has 0 radical (unpaired) electrons. The minimum absolute atomic E-state index is 0. The Balaban J connectivity index is 0.00000256. The first-order valence-corrected chi connectivity index (χ1v) is 6.23. The molecule has 0 heterocycles. The Bertz CT molecular complexity index is 299. The summed E-state index contributed by atoms with van der Waals surface area (Å²) in [5.41, 5.74) is 5.78. The van der Waals surface area contributed by atoms with Crippen molar-refractivity contribution < 1.29 is 19.5 Å². The van der Waals surface area contributed by atoms with Crippen LogP contribution < -0.4 is 0 Å². The third-order valence-electron chi connectivity index (χ3n) is 2.92. The molecule has 0 N–H and O–H groups in total. The van der Waals surface area contributed by atoms with E-state index in [4.69, 9.17) is 0 Å². The van der Waals surface area contributed by atoms with Crippen molar-refractivity contribution in [3.8, 4) is 0 Å². The first-order chi connectivity index (χ1) is 7.59. The fourth-order valence-corrected chi connectivity index (χ4v) is 2.26. The summed E-state index contributed by atoms with van der Waals surface area (Å²) in [5.74, 6) is 0. The summed E-state index contributed by atoms with van der Waals surface area (Å²) >= 11 is 0. The number of rotatable bonds is 4. The summed E-state index contributed by atoms with van der Waals surface area (Å²) in [5, 5.41) is 0. The van der Waals surface area contributed by atoms with Crippen LogP contribution in [0, 0.1) is 0 Å². The van der Waals surface area contributed by atoms with Gasteiger partial charge in [0.1, 0.15) is 0 Å². The molecule has 1 rings (SSSR count). The Morgan fingerprint density at radius 2 is 1.29 bits per heavy atom. The first-order valence-electron chi connectivity index (χ1n) is 6.23. The normalized spacial score (nSPS) is 22.0. The average molecular weight is 317 g/mol. The number of hydrogen-bond donors (Lipinski definition) is 0. The molecule has 0 spiro atoms. The topological polar surface area (TPSA) is 0 Å². The first kappa shape index (κ1) is 16.6. The fraction of sp³-hybridized carbons (Fsp3) is 0.500. The summed E-state index contributed by atoms with van der Waals surface area (Å²) < 4.78 is 0. The second-order valence-electron chi connectivity index (χ2n) is 5.02. The minimum atomic E-state index is 0. The van der Waals surface area contributed by atoms with Gasteiger partial charge in [0.15, 0.2) is 0 Å². The van der Waals surface area contributed by atoms with Gasteiger partial charge in [0.2, 0.25) is 0 Å². The minimum Gasteiger partial charge on any atom is -0.0998 e. The zero-order chi connectivity index (χ0) is 12.0. The third-order valence-corrected chi connectivity index (χ3v) is 2.92. The van der Waals surface area contributed by atoms with E-state index in [0.29, 0.717) is 0 Å². The maximum absolute atomic E-state index is 4.04. The predicted octanol–water partition coefficient (Wildman–Crippen LogP) is 5.34. The van der Waals surface area contributed by atoms with Crippen molar-refractivity contribution in [1.82, 2.24) is 0 Å². The second-order valence-corrected chi connectivity index (χ2v) is 5.02. The van der Waals surface area contributed by atoms with Gasteiger partial charge in [0.25, 0.3) is 0 Å². The molecule has 1 aliphatic rings. The van der Waals surface area contributed by atoms with Gasteiger partial charge in [-0.2, -0.15) is 0 Å². The predicted molar refractivity (Wildman–Crippen MR) is 73.5 cm³/mol. The van der Waals surface area contributed by atoms with E-state index in [2.05, 4.69) is 39.2 Å². The van der Waals surface area contributed by atoms with Gasteiger partial charge in [-0.1, -0.05) is 47.6 Å². The van der Waals surface area contributed by atoms with E-state index < -0.39 is 0 Å². The van der Waals surface area contributed by atoms with Crippen LogP contribution in [0.2, 0.25) is 0 Å². The molecule has 1 aliphatic carbocycles. The Morgan fingerprint density at radius 1 is 0.941 bits per heavy atom. The zero-order valence-electron chi connectivity index (χ0n) is 11.2. The molecule has 0 atom stereocenters. The number of hydrogen-bond acceptors (Lipinski definition) is 0. The van der Waals surface area contributed by atoms with Crippen molar-refractivity contribution in [2.75, 3.05) is 0 Å². The van der Waals surface area contributed by atoms with Gasteiger partial charge in [-0.15, -0.1) is 0 Å². The number of allylic oxidation sites excluding steroid dienone is 6. The fourth-order valence-electron chi connectivity index (χ4n) is 2.26. The van der Waals surface area contributed by atoms with E-state index in [1.807, 2.05) is 0 Å². The van der Waals surface area contributed by atoms with E-state index >= 15 is 0 Å². The molecule has 0 unspecified atom stereocenters. The van der Waals surface area contributed by atoms with E-state index in [0.717, 1.165) is 12.8 Å². The van der Waals surface area contributed by atoms with Crippen LogP contribution >= 0.6 is 0 Å². The van der Waals surface area contributed by atoms with Crippen LogP contribution in [0.1, 0.15) is 52.4 Å². The monoisotopic (exact) mass is 318 g/mol. The van der Waals surface area contributed by atoms with Gasteiger partial charge >= 0.3 is 0 Å². The van der Waals surface area contributed by atoms with Crippen LogP contribution in [0.25, 0.3) is 0 Å². The van der Waals surface area contributed by atoms with Crippen molar-refractivity contribution in [3.63, 3.8) is 0 Å². The van der Waals surface area contributed by atoms with Crippen LogP contribution in [0.5, 0.6) is 0 Å². The molecule has 96 valence electrons. The van der Waals surface area contributed by atoms with Gasteiger partial charge in [0, 0.05) is 19.5 Å². The third kappa shape index (κ3) is 6.79. The molecule has 0 aromatic heterocycles. The van der Waals surface area contributed by atoms with Gasteiger partial charge in [-0.05, 0) is 52.4 Å². The van der Waals surface area contributed by atoms with Gasteiger partial charge in [0.05, 0.1) is 0 Å². The van der Waals surface area contributed by atoms with E-state index in [1.165, 1.54) is 36.8 Å². The molecule has 0 aromatic rings. The maximum atomic E-state index is 4.04. The molecule has 0 aromatic carbocycles. The molecule has 0 aliphatic heterocycles. The smallest absolute Gasteiger partial charge is 0 e. The molecule has 0 bridgehead atoms. The molecular weight excluding hydrogens is 293 g/mol. The van der Waals surface area contributed by atoms with Crippen molar-refractivity contribution in [3.05, 3.63) is 47.6 Å². The van der Waals surface area contributed by atoms with Crippen molar-refractivity contribution in [1.29, 1.82) is 0 Å². The van der Waals surface area contributed by atoms with E-state index in [9.17, 15) is 0 Å². The van der Waals surface area contributed by atoms with Crippen LogP contribution in [-0.4, -0.2) is 0 Å². The quantitative estimate of drug-likeness (QED) is 0.485. The largest absolute Gasteiger partial charge is 0.0998 e. The zero-order valence-corrected chi connectivity index (χ0v) is 12.9. The van der Waals surface area contributed by atoms with Crippen LogP contribution in [0.3, 0.4) is 0 Å². The van der Waals surface area contributed by atoms with E-state index in [-0.39, 0.29) is 19.5 Å². The van der Waals surface area contributed by atoms with Crippen LogP contribution in [0.15, 0.2) is 47.6 Å². The van der Waals surface area contributed by atoms with Gasteiger partial charge in [-0.25, -0.2) is 0 Å². The Hall–Kier alpha value is -0.417. The summed E-state index contributed by atoms with van der Waals surface area (Å²) in [6.45, 7) is 12.3. The molecular formula is C16H24Ru. The van der Waals surface area contributed by atoms with Crippen molar-refractivity contribution in [2.24, 2.45) is 0 Å². The Labute approximate surface area is 119 Å². The van der Waals surface area contributed by atoms with Crippen LogP contribution in [0.4, 0.5) is 0 Å². The Kier molecular flexibility index (Phi) is 8.43. The van der Waals surface area contributed by atoms with E-state index in [1.54, 1.807) is 11.1 Å². The van der Waals surface area contributed by atoms with Crippen molar-refractivity contribution in [2.45, 2.75) is 52.4 Å². The summed E-state index contributed by atoms with van der Waals surface area (Å²) in [6.07, 6.45) is 11.6. The summed E-state index contributed by atoms with van der Waals surface area (Å²) in [7, 11) is 0. The Morgan fingerprint density at radius 3 is 1.59 bits per heavy atom. The van der Waals surface area contributed by atoms with Crippen LogP contribution in [-0.2, 0) is 19.5 Å². The molecule has 0 fully saturated rings. The maximum Gasteiger partial charge on any atom is 0 e. The molecule has 17 heavy (non-hydrogen) atoms. The van der Waals surface area contributed by atoms with Crippen molar-refractivity contribution >= 4 is 0 Å². The second kappa shape index (κ2) is 8.64. The molecule has 0 saturated carbocycles. The standard InChI is InChI=1S/C16H24.Ru/c1-13(2)11-15-9-7-5-6-8-10-16(15)12-14(3)4;/h5-6H,1,3,7-12H2,2,4H3;/b6-5-,16-15-;. The van der Waals surface area contributed by atoms with Gasteiger partial charge < -0.3 is 0 Å². The average Bonchev–Trinajstić information content (AvgIpc) is 2.15. The van der Waals surface area contributed by atoms with Gasteiger partial charge in [-0.3, -0.25) is 0 Å². The molecule has 0 nitrogen and oxygen atoms in total. The molecule has 1 heteroatoms. The summed E-state index contributed by atoms with van der Waals surface area (Å²) in [6, 6.07) is 0. The molecule has 0 saturated heterocycles. The molecule has 0 amide bonds. The SMILES string of the molecule is C=C(C)C/C1=C(\CC(=C)C)CC/C=C\CC1.[Ru]. The summed E-state index contributed by atoms with van der Waals surface area (Å²) in [4.78, 5) is 0.